The Hall–Kier alpha value is -0.350. The largest absolute Gasteiger partial charge is 0.314 e. The second-order valence-corrected chi connectivity index (χ2v) is 8.07. The van der Waals surface area contributed by atoms with Crippen LogP contribution in [0, 0.1) is 5.92 Å². The van der Waals surface area contributed by atoms with Crippen molar-refractivity contribution in [1.82, 2.24) is 5.32 Å². The van der Waals surface area contributed by atoms with Gasteiger partial charge in [0.05, 0.1) is 11.5 Å². The van der Waals surface area contributed by atoms with Crippen molar-refractivity contribution in [2.45, 2.75) is 52.5 Å². The lowest BCUT2D eigenvalue weighted by molar-refractivity contribution is 0.398. The number of nitrogens with one attached hydrogen (secondary N) is 1. The van der Waals surface area contributed by atoms with E-state index in [2.05, 4.69) is 32.2 Å². The molecule has 0 bridgehead atoms. The normalized spacial score (nSPS) is 21.5. The first-order valence-corrected chi connectivity index (χ1v) is 8.78. The van der Waals surface area contributed by atoms with Gasteiger partial charge in [-0.2, -0.15) is 0 Å². The lowest BCUT2D eigenvalue weighted by Gasteiger charge is -2.24. The van der Waals surface area contributed by atoms with E-state index >= 15 is 0 Å². The van der Waals surface area contributed by atoms with E-state index in [9.17, 15) is 8.42 Å². The lowest BCUT2D eigenvalue weighted by atomic mass is 10.0. The van der Waals surface area contributed by atoms with Gasteiger partial charge in [-0.05, 0) is 58.9 Å². The van der Waals surface area contributed by atoms with Crippen LogP contribution in [-0.2, 0) is 9.84 Å². The van der Waals surface area contributed by atoms with Crippen molar-refractivity contribution in [1.29, 1.82) is 0 Å². The monoisotopic (exact) mass is 273 g/mol. The molecule has 0 amide bonds. The van der Waals surface area contributed by atoms with Gasteiger partial charge in [0.25, 0.3) is 0 Å². The van der Waals surface area contributed by atoms with Gasteiger partial charge >= 0.3 is 0 Å². The molecule has 0 aliphatic carbocycles. The van der Waals surface area contributed by atoms with Gasteiger partial charge in [0.2, 0.25) is 0 Å². The summed E-state index contributed by atoms with van der Waals surface area (Å²) in [5, 5.41) is 3.53. The van der Waals surface area contributed by atoms with E-state index < -0.39 is 9.84 Å². The Morgan fingerprint density at radius 2 is 1.94 bits per heavy atom. The van der Waals surface area contributed by atoms with Gasteiger partial charge in [-0.15, -0.1) is 0 Å². The van der Waals surface area contributed by atoms with Crippen molar-refractivity contribution in [3.63, 3.8) is 0 Å². The lowest BCUT2D eigenvalue weighted by Crippen LogP contribution is -2.35. The topological polar surface area (TPSA) is 46.2 Å². The molecule has 1 aliphatic rings. The molecule has 18 heavy (non-hydrogen) atoms. The highest BCUT2D eigenvalue weighted by molar-refractivity contribution is 7.91. The third-order valence-electron chi connectivity index (χ3n) is 3.58. The summed E-state index contributed by atoms with van der Waals surface area (Å²) in [6.07, 6.45) is 6.20. The molecule has 1 N–H and O–H groups in total. The molecule has 0 aromatic rings. The molecule has 0 aromatic carbocycles. The minimum atomic E-state index is -2.71. The first kappa shape index (κ1) is 15.7. The average molecular weight is 273 g/mol. The van der Waals surface area contributed by atoms with Gasteiger partial charge in [0.15, 0.2) is 0 Å². The Morgan fingerprint density at radius 1 is 1.33 bits per heavy atom. The minimum absolute atomic E-state index is 0.380. The summed E-state index contributed by atoms with van der Waals surface area (Å²) < 4.78 is 22.6. The summed E-state index contributed by atoms with van der Waals surface area (Å²) >= 11 is 0. The summed E-state index contributed by atoms with van der Waals surface area (Å²) in [4.78, 5) is 0. The molecule has 1 fully saturated rings. The van der Waals surface area contributed by atoms with Crippen molar-refractivity contribution >= 4 is 9.84 Å². The SMILES string of the molecule is CC(C)=CCC[C@H](C)NCC1CCS(=O)(=O)CC1. The molecule has 1 rings (SSSR count). The molecule has 4 heteroatoms. The summed E-state index contributed by atoms with van der Waals surface area (Å²) in [7, 11) is -2.71. The highest BCUT2D eigenvalue weighted by Gasteiger charge is 2.23. The first-order valence-electron chi connectivity index (χ1n) is 6.96. The van der Waals surface area contributed by atoms with Gasteiger partial charge in [-0.25, -0.2) is 8.42 Å². The molecule has 1 saturated heterocycles. The molecule has 3 nitrogen and oxygen atoms in total. The van der Waals surface area contributed by atoms with Crippen LogP contribution >= 0.6 is 0 Å². The molecule has 0 saturated carbocycles. The fourth-order valence-corrected chi connectivity index (χ4v) is 3.82. The third-order valence-corrected chi connectivity index (χ3v) is 5.30. The van der Waals surface area contributed by atoms with Crippen molar-refractivity contribution in [3.8, 4) is 0 Å². The van der Waals surface area contributed by atoms with Gasteiger partial charge in [-0.3, -0.25) is 0 Å². The van der Waals surface area contributed by atoms with Crippen LogP contribution in [0.5, 0.6) is 0 Å². The standard InChI is InChI=1S/C14H27NO2S/c1-12(2)5-4-6-13(3)15-11-14-7-9-18(16,17)10-8-14/h5,13-15H,4,6-11H2,1-3H3/t13-/m0/s1. The van der Waals surface area contributed by atoms with E-state index in [4.69, 9.17) is 0 Å². The van der Waals surface area contributed by atoms with Crippen molar-refractivity contribution in [2.75, 3.05) is 18.1 Å². The van der Waals surface area contributed by atoms with Crippen LogP contribution in [0.4, 0.5) is 0 Å². The quantitative estimate of drug-likeness (QED) is 0.757. The molecule has 0 unspecified atom stereocenters. The Bertz CT molecular complexity index is 355. The van der Waals surface area contributed by atoms with Gasteiger partial charge < -0.3 is 5.32 Å². The van der Waals surface area contributed by atoms with Crippen molar-refractivity contribution in [3.05, 3.63) is 11.6 Å². The maximum absolute atomic E-state index is 11.3. The number of hydrogen-bond donors (Lipinski definition) is 1. The maximum atomic E-state index is 11.3. The fourth-order valence-electron chi connectivity index (χ4n) is 2.23. The van der Waals surface area contributed by atoms with Crippen LogP contribution < -0.4 is 5.32 Å². The smallest absolute Gasteiger partial charge is 0.150 e. The van der Waals surface area contributed by atoms with Crippen LogP contribution in [-0.4, -0.2) is 32.5 Å². The van der Waals surface area contributed by atoms with Gasteiger partial charge in [-0.1, -0.05) is 11.6 Å². The molecule has 0 aromatic heterocycles. The summed E-state index contributed by atoms with van der Waals surface area (Å²) in [5.41, 5.74) is 1.37. The molecule has 106 valence electrons. The Labute approximate surface area is 112 Å². The fraction of sp³-hybridized carbons (Fsp3) is 0.857. The minimum Gasteiger partial charge on any atom is -0.314 e. The van der Waals surface area contributed by atoms with Crippen molar-refractivity contribution < 1.29 is 8.42 Å². The molecule has 1 atom stereocenters. The zero-order valence-corrected chi connectivity index (χ0v) is 12.7. The van der Waals surface area contributed by atoms with Crippen LogP contribution in [0.2, 0.25) is 0 Å². The Kier molecular flexibility index (Phi) is 6.36. The molecule has 0 spiro atoms. The van der Waals surface area contributed by atoms with Gasteiger partial charge in [0.1, 0.15) is 9.84 Å². The Morgan fingerprint density at radius 3 is 2.50 bits per heavy atom. The predicted molar refractivity (Wildman–Crippen MR) is 77.5 cm³/mol. The zero-order valence-electron chi connectivity index (χ0n) is 11.9. The van der Waals surface area contributed by atoms with E-state index in [1.54, 1.807) is 0 Å². The number of sulfone groups is 1. The van der Waals surface area contributed by atoms with Crippen LogP contribution in [0.3, 0.4) is 0 Å². The molecular formula is C14H27NO2S. The molecule has 0 radical (unpaired) electrons. The number of rotatable bonds is 6. The van der Waals surface area contributed by atoms with Crippen LogP contribution in [0.1, 0.15) is 46.5 Å². The van der Waals surface area contributed by atoms with E-state index in [-0.39, 0.29) is 0 Å². The molecule has 1 aliphatic heterocycles. The summed E-state index contributed by atoms with van der Waals surface area (Å²) in [6.45, 7) is 7.42. The summed E-state index contributed by atoms with van der Waals surface area (Å²) in [5.74, 6) is 1.30. The van der Waals surface area contributed by atoms with E-state index in [1.807, 2.05) is 0 Å². The predicted octanol–water partition coefficient (Wildman–Crippen LogP) is 2.54. The highest BCUT2D eigenvalue weighted by atomic mass is 32.2. The van der Waals surface area contributed by atoms with Crippen LogP contribution in [0.15, 0.2) is 11.6 Å². The second kappa shape index (κ2) is 7.29. The maximum Gasteiger partial charge on any atom is 0.150 e. The van der Waals surface area contributed by atoms with Gasteiger partial charge in [0, 0.05) is 6.04 Å². The zero-order chi connectivity index (χ0) is 13.6. The molecular weight excluding hydrogens is 246 g/mol. The average Bonchev–Trinajstić information content (AvgIpc) is 2.27. The first-order chi connectivity index (χ1) is 8.39. The Balaban J connectivity index is 2.15. The highest BCUT2D eigenvalue weighted by Crippen LogP contribution is 2.18. The second-order valence-electron chi connectivity index (χ2n) is 5.76. The van der Waals surface area contributed by atoms with Crippen LogP contribution in [0.25, 0.3) is 0 Å². The van der Waals surface area contributed by atoms with E-state index in [0.717, 1.165) is 32.2 Å². The van der Waals surface area contributed by atoms with E-state index in [0.29, 0.717) is 23.5 Å². The number of hydrogen-bond acceptors (Lipinski definition) is 3. The third kappa shape index (κ3) is 6.55. The summed E-state index contributed by atoms with van der Waals surface area (Å²) in [6, 6.07) is 0.513. The van der Waals surface area contributed by atoms with E-state index in [1.165, 1.54) is 5.57 Å². The number of allylic oxidation sites excluding steroid dienone is 2. The van der Waals surface area contributed by atoms with Crippen molar-refractivity contribution in [2.24, 2.45) is 5.92 Å². The molecule has 1 heterocycles.